The highest BCUT2D eigenvalue weighted by atomic mass is 35.5. The summed E-state index contributed by atoms with van der Waals surface area (Å²) >= 11 is 6.07. The van der Waals surface area contributed by atoms with Gasteiger partial charge in [0.25, 0.3) is 5.56 Å². The number of aromatic nitrogens is 2. The monoisotopic (exact) mass is 265 g/mol. The van der Waals surface area contributed by atoms with Crippen LogP contribution < -0.4 is 10.9 Å². The van der Waals surface area contributed by atoms with E-state index >= 15 is 0 Å². The van der Waals surface area contributed by atoms with Crippen LogP contribution in [0.2, 0.25) is 5.28 Å². The largest absolute Gasteiger partial charge is 0.320 e. The van der Waals surface area contributed by atoms with Crippen LogP contribution in [0.25, 0.3) is 10.9 Å². The van der Waals surface area contributed by atoms with E-state index in [4.69, 9.17) is 11.6 Å². The molecule has 0 atom stereocenters. The molecular formula is C13H16ClN3O. The summed E-state index contributed by atoms with van der Waals surface area (Å²) in [6.07, 6.45) is 0.842. The fraction of sp³-hybridized carbons (Fsp3) is 0.385. The molecule has 1 N–H and O–H groups in total. The van der Waals surface area contributed by atoms with Gasteiger partial charge in [0.15, 0.2) is 0 Å². The van der Waals surface area contributed by atoms with Gasteiger partial charge in [0.2, 0.25) is 5.28 Å². The lowest BCUT2D eigenvalue weighted by Gasteiger charge is -2.09. The van der Waals surface area contributed by atoms with Crippen LogP contribution in [0.1, 0.15) is 12.0 Å². The molecule has 0 amide bonds. The van der Waals surface area contributed by atoms with Crippen molar-refractivity contribution in [1.82, 2.24) is 14.9 Å². The van der Waals surface area contributed by atoms with Gasteiger partial charge in [-0.2, -0.15) is 0 Å². The summed E-state index contributed by atoms with van der Waals surface area (Å²) in [5.74, 6) is 0. The minimum Gasteiger partial charge on any atom is -0.320 e. The van der Waals surface area contributed by atoms with Gasteiger partial charge in [-0.05, 0) is 56.2 Å². The number of hydrogen-bond donors (Lipinski definition) is 1. The Morgan fingerprint density at radius 3 is 2.94 bits per heavy atom. The summed E-state index contributed by atoms with van der Waals surface area (Å²) in [4.78, 5) is 16.6. The summed E-state index contributed by atoms with van der Waals surface area (Å²) in [5.41, 5.74) is 1.66. The van der Waals surface area contributed by atoms with Crippen LogP contribution in [0, 0.1) is 6.92 Å². The number of aryl methyl sites for hydroxylation is 1. The van der Waals surface area contributed by atoms with E-state index in [-0.39, 0.29) is 10.8 Å². The highest BCUT2D eigenvalue weighted by Gasteiger charge is 2.08. The van der Waals surface area contributed by atoms with E-state index in [9.17, 15) is 4.79 Å². The first-order valence-electron chi connectivity index (χ1n) is 5.95. The summed E-state index contributed by atoms with van der Waals surface area (Å²) < 4.78 is 1.52. The third kappa shape index (κ3) is 2.54. The van der Waals surface area contributed by atoms with E-state index in [2.05, 4.69) is 10.3 Å². The Morgan fingerprint density at radius 2 is 2.22 bits per heavy atom. The maximum atomic E-state index is 12.3. The molecule has 0 unspecified atom stereocenters. The Balaban J connectivity index is 2.48. The molecule has 18 heavy (non-hydrogen) atoms. The third-order valence-corrected chi connectivity index (χ3v) is 3.16. The molecule has 2 rings (SSSR count). The van der Waals surface area contributed by atoms with Crippen molar-refractivity contribution < 1.29 is 0 Å². The number of halogens is 1. The summed E-state index contributed by atoms with van der Waals surface area (Å²) in [7, 11) is 1.88. The summed E-state index contributed by atoms with van der Waals surface area (Å²) in [5, 5.41) is 3.92. The van der Waals surface area contributed by atoms with Gasteiger partial charge in [0.1, 0.15) is 0 Å². The number of fused-ring (bicyclic) bond motifs is 1. The van der Waals surface area contributed by atoms with Crippen molar-refractivity contribution in [2.24, 2.45) is 0 Å². The highest BCUT2D eigenvalue weighted by molar-refractivity contribution is 6.28. The fourth-order valence-electron chi connectivity index (χ4n) is 1.91. The van der Waals surface area contributed by atoms with Crippen LogP contribution in [0.15, 0.2) is 23.0 Å². The van der Waals surface area contributed by atoms with Crippen molar-refractivity contribution in [2.45, 2.75) is 19.9 Å². The molecule has 2 aromatic rings. The Hall–Kier alpha value is -1.39. The second kappa shape index (κ2) is 5.50. The second-order valence-electron chi connectivity index (χ2n) is 4.32. The Labute approximate surface area is 111 Å². The molecular weight excluding hydrogens is 250 g/mol. The maximum Gasteiger partial charge on any atom is 0.262 e. The molecule has 1 aromatic heterocycles. The van der Waals surface area contributed by atoms with E-state index in [1.807, 2.05) is 32.2 Å². The average Bonchev–Trinajstić information content (AvgIpc) is 2.33. The minimum absolute atomic E-state index is 0.0684. The quantitative estimate of drug-likeness (QED) is 0.679. The molecule has 1 aromatic carbocycles. The zero-order chi connectivity index (χ0) is 13.1. The molecule has 4 nitrogen and oxygen atoms in total. The molecule has 0 fully saturated rings. The van der Waals surface area contributed by atoms with E-state index < -0.39 is 0 Å². The van der Waals surface area contributed by atoms with E-state index in [0.717, 1.165) is 18.5 Å². The van der Waals surface area contributed by atoms with Gasteiger partial charge in [-0.15, -0.1) is 0 Å². The number of nitrogens with one attached hydrogen (secondary N) is 1. The zero-order valence-corrected chi connectivity index (χ0v) is 11.3. The van der Waals surface area contributed by atoms with Gasteiger partial charge >= 0.3 is 0 Å². The van der Waals surface area contributed by atoms with Crippen LogP contribution in [-0.4, -0.2) is 23.1 Å². The highest BCUT2D eigenvalue weighted by Crippen LogP contribution is 2.13. The molecule has 0 saturated heterocycles. The van der Waals surface area contributed by atoms with Crippen molar-refractivity contribution in [1.29, 1.82) is 0 Å². The Bertz CT molecular complexity index is 621. The molecule has 0 aliphatic carbocycles. The Kier molecular flexibility index (Phi) is 3.99. The summed E-state index contributed by atoms with van der Waals surface area (Å²) in [6, 6.07) is 5.60. The normalized spacial score (nSPS) is 11.1. The molecule has 0 spiro atoms. The van der Waals surface area contributed by atoms with E-state index in [0.29, 0.717) is 17.4 Å². The molecule has 1 heterocycles. The predicted octanol–water partition coefficient (Wildman–Crippen LogP) is 1.97. The molecule has 96 valence electrons. The number of rotatable bonds is 4. The zero-order valence-electron chi connectivity index (χ0n) is 10.5. The first-order chi connectivity index (χ1) is 8.63. The van der Waals surface area contributed by atoms with Crippen molar-refractivity contribution in [2.75, 3.05) is 13.6 Å². The van der Waals surface area contributed by atoms with Gasteiger partial charge in [-0.25, -0.2) is 4.98 Å². The van der Waals surface area contributed by atoms with Crippen LogP contribution >= 0.6 is 11.6 Å². The Morgan fingerprint density at radius 1 is 1.44 bits per heavy atom. The standard InChI is InChI=1S/C13H16ClN3O/c1-9-4-5-10-11(8-9)16-13(14)17(12(10)18)7-3-6-15-2/h4-5,8,15H,3,6-7H2,1-2H3. The third-order valence-electron chi connectivity index (χ3n) is 2.87. The first-order valence-corrected chi connectivity index (χ1v) is 6.32. The van der Waals surface area contributed by atoms with Crippen molar-refractivity contribution in [3.8, 4) is 0 Å². The van der Waals surface area contributed by atoms with Crippen molar-refractivity contribution >= 4 is 22.5 Å². The average molecular weight is 266 g/mol. The molecule has 0 aliphatic heterocycles. The van der Waals surface area contributed by atoms with Crippen LogP contribution in [0.3, 0.4) is 0 Å². The first kappa shape index (κ1) is 13.1. The topological polar surface area (TPSA) is 46.9 Å². The molecule has 0 radical (unpaired) electrons. The fourth-order valence-corrected chi connectivity index (χ4v) is 2.16. The van der Waals surface area contributed by atoms with Crippen molar-refractivity contribution in [3.05, 3.63) is 39.4 Å². The van der Waals surface area contributed by atoms with E-state index in [1.165, 1.54) is 4.57 Å². The number of benzene rings is 1. The lowest BCUT2D eigenvalue weighted by atomic mass is 10.2. The van der Waals surface area contributed by atoms with Gasteiger partial charge in [-0.1, -0.05) is 6.07 Å². The maximum absolute atomic E-state index is 12.3. The SMILES string of the molecule is CNCCCn1c(Cl)nc2cc(C)ccc2c1=O. The molecule has 0 aliphatic rings. The van der Waals surface area contributed by atoms with Gasteiger partial charge in [0.05, 0.1) is 10.9 Å². The van der Waals surface area contributed by atoms with Crippen molar-refractivity contribution in [3.63, 3.8) is 0 Å². The molecule has 5 heteroatoms. The minimum atomic E-state index is -0.0684. The van der Waals surface area contributed by atoms with Crippen LogP contribution in [0.5, 0.6) is 0 Å². The molecule has 0 bridgehead atoms. The van der Waals surface area contributed by atoms with Crippen LogP contribution in [0.4, 0.5) is 0 Å². The lowest BCUT2D eigenvalue weighted by Crippen LogP contribution is -2.24. The number of nitrogens with zero attached hydrogens (tertiary/aromatic N) is 2. The van der Waals surface area contributed by atoms with Gasteiger partial charge in [0, 0.05) is 6.54 Å². The van der Waals surface area contributed by atoms with Gasteiger partial charge in [-0.3, -0.25) is 9.36 Å². The predicted molar refractivity (Wildman–Crippen MR) is 74.3 cm³/mol. The van der Waals surface area contributed by atoms with E-state index in [1.54, 1.807) is 0 Å². The van der Waals surface area contributed by atoms with Gasteiger partial charge < -0.3 is 5.32 Å². The van der Waals surface area contributed by atoms with Crippen LogP contribution in [-0.2, 0) is 6.54 Å². The number of hydrogen-bond acceptors (Lipinski definition) is 3. The second-order valence-corrected chi connectivity index (χ2v) is 4.65. The molecule has 0 saturated carbocycles. The lowest BCUT2D eigenvalue weighted by molar-refractivity contribution is 0.595. The smallest absolute Gasteiger partial charge is 0.262 e. The summed E-state index contributed by atoms with van der Waals surface area (Å²) in [6.45, 7) is 3.39.